The highest BCUT2D eigenvalue weighted by atomic mass is 32.2. The highest BCUT2D eigenvalue weighted by molar-refractivity contribution is 8.03. The van der Waals surface area contributed by atoms with Gasteiger partial charge in [-0.25, -0.2) is 0 Å². The molecule has 2 aromatic rings. The van der Waals surface area contributed by atoms with Crippen LogP contribution in [0.25, 0.3) is 0 Å². The van der Waals surface area contributed by atoms with Crippen LogP contribution in [-0.4, -0.2) is 51.4 Å². The van der Waals surface area contributed by atoms with E-state index < -0.39 is 0 Å². The van der Waals surface area contributed by atoms with E-state index in [-0.39, 0.29) is 11.7 Å². The van der Waals surface area contributed by atoms with Crippen LogP contribution in [-0.2, 0) is 4.79 Å². The maximum absolute atomic E-state index is 12.4. The van der Waals surface area contributed by atoms with Crippen molar-refractivity contribution in [3.05, 3.63) is 35.9 Å². The fourth-order valence-electron chi connectivity index (χ4n) is 3.05. The molecular weight excluding hydrogens is 398 g/mol. The predicted molar refractivity (Wildman–Crippen MR) is 112 cm³/mol. The molecule has 0 spiro atoms. The molecule has 1 aliphatic carbocycles. The topological polar surface area (TPSA) is 63.2 Å². The van der Waals surface area contributed by atoms with Gasteiger partial charge < -0.3 is 4.90 Å². The second-order valence-electron chi connectivity index (χ2n) is 6.50. The summed E-state index contributed by atoms with van der Waals surface area (Å²) in [7, 11) is 1.91. The molecule has 0 bridgehead atoms. The SMILES string of the molecule is CN(C(=O)CSc1nnc(SCC(=O)c2ccccc2)s1)C1CCCCC1. The Kier molecular flexibility index (Phi) is 7.72. The van der Waals surface area contributed by atoms with Gasteiger partial charge in [-0.2, -0.15) is 0 Å². The van der Waals surface area contributed by atoms with Crippen molar-refractivity contribution in [1.82, 2.24) is 15.1 Å². The van der Waals surface area contributed by atoms with E-state index in [0.29, 0.717) is 23.1 Å². The van der Waals surface area contributed by atoms with Crippen molar-refractivity contribution in [1.29, 1.82) is 0 Å². The number of hydrogen-bond donors (Lipinski definition) is 0. The van der Waals surface area contributed by atoms with Crippen molar-refractivity contribution in [3.8, 4) is 0 Å². The van der Waals surface area contributed by atoms with Gasteiger partial charge in [0.15, 0.2) is 14.5 Å². The minimum absolute atomic E-state index is 0.0780. The summed E-state index contributed by atoms with van der Waals surface area (Å²) in [5.41, 5.74) is 0.709. The molecule has 0 N–H and O–H groups in total. The van der Waals surface area contributed by atoms with Gasteiger partial charge in [0.25, 0.3) is 0 Å². The van der Waals surface area contributed by atoms with Crippen LogP contribution in [0.15, 0.2) is 39.0 Å². The summed E-state index contributed by atoms with van der Waals surface area (Å²) in [6.45, 7) is 0. The van der Waals surface area contributed by atoms with Crippen LogP contribution < -0.4 is 0 Å². The molecule has 0 radical (unpaired) electrons. The second-order valence-corrected chi connectivity index (χ2v) is 9.92. The quantitative estimate of drug-likeness (QED) is 0.465. The minimum atomic E-state index is 0.0780. The number of carbonyl (C=O) groups excluding carboxylic acids is 2. The normalized spacial score (nSPS) is 14.9. The molecule has 144 valence electrons. The maximum atomic E-state index is 12.4. The third kappa shape index (κ3) is 6.05. The number of carbonyl (C=O) groups is 2. The lowest BCUT2D eigenvalue weighted by molar-refractivity contribution is -0.129. The van der Waals surface area contributed by atoms with E-state index in [9.17, 15) is 9.59 Å². The first-order chi connectivity index (χ1) is 13.1. The number of thioether (sulfide) groups is 2. The molecule has 1 heterocycles. The number of benzene rings is 1. The van der Waals surface area contributed by atoms with Crippen LogP contribution in [0.1, 0.15) is 42.5 Å². The van der Waals surface area contributed by atoms with Crippen molar-refractivity contribution in [2.24, 2.45) is 0 Å². The zero-order chi connectivity index (χ0) is 19.1. The number of amides is 1. The molecular formula is C19H23N3O2S3. The molecule has 1 fully saturated rings. The number of Topliss-reactive ketones (excluding diaryl/α,β-unsaturated/α-hetero) is 1. The molecule has 1 aromatic heterocycles. The molecule has 0 atom stereocenters. The second kappa shape index (κ2) is 10.2. The number of ketones is 1. The van der Waals surface area contributed by atoms with Crippen molar-refractivity contribution < 1.29 is 9.59 Å². The summed E-state index contributed by atoms with van der Waals surface area (Å²) in [6.07, 6.45) is 5.94. The molecule has 0 saturated heterocycles. The Morgan fingerprint density at radius 3 is 2.33 bits per heavy atom. The van der Waals surface area contributed by atoms with E-state index in [1.54, 1.807) is 0 Å². The van der Waals surface area contributed by atoms with E-state index in [0.717, 1.165) is 21.5 Å². The lowest BCUT2D eigenvalue weighted by atomic mass is 9.94. The molecule has 8 heteroatoms. The molecule has 27 heavy (non-hydrogen) atoms. The van der Waals surface area contributed by atoms with Gasteiger partial charge in [-0.15, -0.1) is 10.2 Å². The molecule has 5 nitrogen and oxygen atoms in total. The van der Waals surface area contributed by atoms with Crippen molar-refractivity contribution in [3.63, 3.8) is 0 Å². The van der Waals surface area contributed by atoms with E-state index in [1.165, 1.54) is 54.1 Å². The summed E-state index contributed by atoms with van der Waals surface area (Å²) in [5, 5.41) is 8.27. The van der Waals surface area contributed by atoms with Gasteiger partial charge in [0, 0.05) is 18.7 Å². The fraction of sp³-hybridized carbons (Fsp3) is 0.474. The third-order valence-electron chi connectivity index (χ3n) is 4.65. The average Bonchev–Trinajstić information content (AvgIpc) is 3.19. The molecule has 1 aromatic carbocycles. The standard InChI is InChI=1S/C19H23N3O2S3/c1-22(15-10-6-3-7-11-15)17(24)13-26-19-21-20-18(27-19)25-12-16(23)14-8-4-2-5-9-14/h2,4-5,8-9,15H,3,6-7,10-13H2,1H3. The zero-order valence-corrected chi connectivity index (χ0v) is 17.7. The number of rotatable bonds is 8. The summed E-state index contributed by atoms with van der Waals surface area (Å²) in [4.78, 5) is 26.5. The molecule has 1 amide bonds. The Morgan fingerprint density at radius 1 is 1.04 bits per heavy atom. The molecule has 0 aliphatic heterocycles. The highest BCUT2D eigenvalue weighted by Crippen LogP contribution is 2.30. The zero-order valence-electron chi connectivity index (χ0n) is 15.3. The van der Waals surface area contributed by atoms with Gasteiger partial charge >= 0.3 is 0 Å². The molecule has 3 rings (SSSR count). The van der Waals surface area contributed by atoms with Gasteiger partial charge in [-0.05, 0) is 12.8 Å². The van der Waals surface area contributed by atoms with Gasteiger partial charge in [0.2, 0.25) is 5.91 Å². The Morgan fingerprint density at radius 2 is 1.67 bits per heavy atom. The van der Waals surface area contributed by atoms with Crippen LogP contribution in [0.2, 0.25) is 0 Å². The first kappa shape index (κ1) is 20.4. The van der Waals surface area contributed by atoms with Crippen LogP contribution >= 0.6 is 34.9 Å². The smallest absolute Gasteiger partial charge is 0.233 e. The lowest BCUT2D eigenvalue weighted by Gasteiger charge is -2.31. The van der Waals surface area contributed by atoms with Gasteiger partial charge in [0.1, 0.15) is 0 Å². The third-order valence-corrected chi connectivity index (χ3v) is 7.82. The Balaban J connectivity index is 1.43. The van der Waals surface area contributed by atoms with Crippen LogP contribution in [0, 0.1) is 0 Å². The summed E-state index contributed by atoms with van der Waals surface area (Å²) >= 11 is 4.26. The number of nitrogens with zero attached hydrogens (tertiary/aromatic N) is 3. The monoisotopic (exact) mass is 421 g/mol. The number of hydrogen-bond acceptors (Lipinski definition) is 7. The van der Waals surface area contributed by atoms with E-state index in [1.807, 2.05) is 42.3 Å². The maximum Gasteiger partial charge on any atom is 0.233 e. The largest absolute Gasteiger partial charge is 0.342 e. The van der Waals surface area contributed by atoms with Crippen molar-refractivity contribution in [2.75, 3.05) is 18.6 Å². The first-order valence-corrected chi connectivity index (χ1v) is 11.9. The van der Waals surface area contributed by atoms with Gasteiger partial charge in [0.05, 0.1) is 11.5 Å². The molecule has 1 aliphatic rings. The highest BCUT2D eigenvalue weighted by Gasteiger charge is 2.22. The van der Waals surface area contributed by atoms with Crippen LogP contribution in [0.3, 0.4) is 0 Å². The first-order valence-electron chi connectivity index (χ1n) is 9.06. The number of aromatic nitrogens is 2. The predicted octanol–water partition coefficient (Wildman–Crippen LogP) is 4.40. The fourth-order valence-corrected chi connectivity index (χ4v) is 5.88. The average molecular weight is 422 g/mol. The van der Waals surface area contributed by atoms with Crippen molar-refractivity contribution >= 4 is 46.6 Å². The Bertz CT molecular complexity index is 761. The summed E-state index contributed by atoms with van der Waals surface area (Å²) in [6, 6.07) is 9.64. The van der Waals surface area contributed by atoms with Crippen molar-refractivity contribution in [2.45, 2.75) is 46.8 Å². The van der Waals surface area contributed by atoms with E-state index in [2.05, 4.69) is 10.2 Å². The van der Waals surface area contributed by atoms with Crippen LogP contribution in [0.5, 0.6) is 0 Å². The lowest BCUT2D eigenvalue weighted by Crippen LogP contribution is -2.39. The Labute approximate surface area is 172 Å². The molecule has 1 saturated carbocycles. The summed E-state index contributed by atoms with van der Waals surface area (Å²) < 4.78 is 1.53. The minimum Gasteiger partial charge on any atom is -0.342 e. The Hall–Kier alpha value is -1.38. The van der Waals surface area contributed by atoms with E-state index >= 15 is 0 Å². The molecule has 0 unspecified atom stereocenters. The van der Waals surface area contributed by atoms with Crippen LogP contribution in [0.4, 0.5) is 0 Å². The van der Waals surface area contributed by atoms with Gasteiger partial charge in [-0.1, -0.05) is 84.5 Å². The van der Waals surface area contributed by atoms with E-state index in [4.69, 9.17) is 0 Å². The summed E-state index contributed by atoms with van der Waals surface area (Å²) in [5.74, 6) is 0.951. The van der Waals surface area contributed by atoms with Gasteiger partial charge in [-0.3, -0.25) is 9.59 Å².